The molecule has 7 heteroatoms. The number of carbonyl (C=O) groups excluding carboxylic acids is 1. The molecule has 1 aromatic rings. The number of anilines is 1. The maximum atomic E-state index is 11.8. The second kappa shape index (κ2) is 4.93. The number of thiazole rings is 1. The van der Waals surface area contributed by atoms with Gasteiger partial charge in [0.2, 0.25) is 5.91 Å². The van der Waals surface area contributed by atoms with E-state index in [1.807, 2.05) is 4.90 Å². The summed E-state index contributed by atoms with van der Waals surface area (Å²) in [6.07, 6.45) is 0.864. The molecule has 1 aliphatic rings. The van der Waals surface area contributed by atoms with Crippen LogP contribution in [0.15, 0.2) is 0 Å². The first kappa shape index (κ1) is 12.8. The van der Waals surface area contributed by atoms with Crippen LogP contribution in [0.3, 0.4) is 0 Å². The molecule has 0 atom stereocenters. The van der Waals surface area contributed by atoms with Crippen molar-refractivity contribution in [3.8, 4) is 0 Å². The summed E-state index contributed by atoms with van der Waals surface area (Å²) >= 11 is 1.32. The Labute approximate surface area is 109 Å². The SMILES string of the molecule is Cc1sc(N2CCCN(C)C(=O)C2)nc1C(=O)O. The molecule has 0 saturated carbocycles. The van der Waals surface area contributed by atoms with Gasteiger partial charge in [0.1, 0.15) is 0 Å². The molecule has 1 aliphatic heterocycles. The third-order valence-electron chi connectivity index (χ3n) is 2.93. The summed E-state index contributed by atoms with van der Waals surface area (Å²) in [6.45, 7) is 3.45. The summed E-state index contributed by atoms with van der Waals surface area (Å²) in [5.41, 5.74) is 0.0834. The van der Waals surface area contributed by atoms with Gasteiger partial charge in [-0.3, -0.25) is 4.79 Å². The van der Waals surface area contributed by atoms with Crippen molar-refractivity contribution in [3.63, 3.8) is 0 Å². The van der Waals surface area contributed by atoms with Crippen LogP contribution in [0.2, 0.25) is 0 Å². The number of carboxylic acids is 1. The molecule has 18 heavy (non-hydrogen) atoms. The van der Waals surface area contributed by atoms with Crippen LogP contribution in [-0.4, -0.2) is 53.5 Å². The van der Waals surface area contributed by atoms with Gasteiger partial charge < -0.3 is 14.9 Å². The Bertz CT molecular complexity index is 486. The molecule has 6 nitrogen and oxygen atoms in total. The van der Waals surface area contributed by atoms with Crippen molar-refractivity contribution < 1.29 is 14.7 Å². The lowest BCUT2D eigenvalue weighted by Crippen LogP contribution is -2.34. The van der Waals surface area contributed by atoms with E-state index in [4.69, 9.17) is 5.11 Å². The van der Waals surface area contributed by atoms with Gasteiger partial charge in [0, 0.05) is 25.0 Å². The van der Waals surface area contributed by atoms with E-state index < -0.39 is 5.97 Å². The van der Waals surface area contributed by atoms with Crippen LogP contribution in [0.5, 0.6) is 0 Å². The largest absolute Gasteiger partial charge is 0.476 e. The lowest BCUT2D eigenvalue weighted by molar-refractivity contribution is -0.127. The normalized spacial score (nSPS) is 16.9. The highest BCUT2D eigenvalue weighted by molar-refractivity contribution is 7.15. The minimum atomic E-state index is -1.02. The molecule has 0 spiro atoms. The summed E-state index contributed by atoms with van der Waals surface area (Å²) in [7, 11) is 1.78. The predicted octanol–water partition coefficient (Wildman–Crippen LogP) is 0.818. The van der Waals surface area contributed by atoms with E-state index in [-0.39, 0.29) is 18.1 Å². The smallest absolute Gasteiger partial charge is 0.355 e. The van der Waals surface area contributed by atoms with Crippen molar-refractivity contribution in [1.29, 1.82) is 0 Å². The van der Waals surface area contributed by atoms with E-state index in [0.29, 0.717) is 10.0 Å². The summed E-state index contributed by atoms with van der Waals surface area (Å²) in [5.74, 6) is -0.981. The first-order valence-corrected chi connectivity index (χ1v) is 6.50. The fourth-order valence-electron chi connectivity index (χ4n) is 1.87. The van der Waals surface area contributed by atoms with Crippen LogP contribution in [0, 0.1) is 6.92 Å². The Kier molecular flexibility index (Phi) is 3.51. The number of aromatic nitrogens is 1. The van der Waals surface area contributed by atoms with Gasteiger partial charge >= 0.3 is 5.97 Å². The molecule has 0 bridgehead atoms. The number of carboxylic acid groups (broad SMARTS) is 1. The molecule has 0 aliphatic carbocycles. The van der Waals surface area contributed by atoms with Crippen molar-refractivity contribution in [2.45, 2.75) is 13.3 Å². The van der Waals surface area contributed by atoms with Crippen molar-refractivity contribution in [1.82, 2.24) is 9.88 Å². The quantitative estimate of drug-likeness (QED) is 0.860. The van der Waals surface area contributed by atoms with Gasteiger partial charge in [-0.05, 0) is 13.3 Å². The Hall–Kier alpha value is -1.63. The zero-order chi connectivity index (χ0) is 13.3. The second-order valence-corrected chi connectivity index (χ2v) is 5.48. The van der Waals surface area contributed by atoms with Gasteiger partial charge in [0.25, 0.3) is 0 Å². The molecule has 0 radical (unpaired) electrons. The zero-order valence-corrected chi connectivity index (χ0v) is 11.2. The monoisotopic (exact) mass is 269 g/mol. The molecular formula is C11H15N3O3S. The van der Waals surface area contributed by atoms with Gasteiger partial charge in [0.05, 0.1) is 6.54 Å². The summed E-state index contributed by atoms with van der Waals surface area (Å²) in [4.78, 5) is 31.0. The lowest BCUT2D eigenvalue weighted by Gasteiger charge is -2.18. The van der Waals surface area contributed by atoms with Crippen LogP contribution in [0.1, 0.15) is 21.8 Å². The number of nitrogens with zero attached hydrogens (tertiary/aromatic N) is 3. The fraction of sp³-hybridized carbons (Fsp3) is 0.545. The highest BCUT2D eigenvalue weighted by atomic mass is 32.1. The van der Waals surface area contributed by atoms with Gasteiger partial charge in [-0.2, -0.15) is 0 Å². The average molecular weight is 269 g/mol. The van der Waals surface area contributed by atoms with Gasteiger partial charge in [0.15, 0.2) is 10.8 Å². The molecule has 1 fully saturated rings. The first-order valence-electron chi connectivity index (χ1n) is 5.68. The third kappa shape index (κ3) is 2.45. The molecule has 1 saturated heterocycles. The van der Waals surface area contributed by atoms with Crippen molar-refractivity contribution in [2.75, 3.05) is 31.6 Å². The molecular weight excluding hydrogens is 254 g/mol. The van der Waals surface area contributed by atoms with Crippen LogP contribution in [-0.2, 0) is 4.79 Å². The van der Waals surface area contributed by atoms with E-state index in [0.717, 1.165) is 19.5 Å². The fourth-order valence-corrected chi connectivity index (χ4v) is 2.79. The summed E-state index contributed by atoms with van der Waals surface area (Å²) in [6, 6.07) is 0. The maximum absolute atomic E-state index is 11.8. The molecule has 98 valence electrons. The molecule has 0 aromatic carbocycles. The Morgan fingerprint density at radius 3 is 2.78 bits per heavy atom. The minimum Gasteiger partial charge on any atom is -0.476 e. The van der Waals surface area contributed by atoms with Crippen molar-refractivity contribution in [2.24, 2.45) is 0 Å². The second-order valence-electron chi connectivity index (χ2n) is 4.30. The number of hydrogen-bond donors (Lipinski definition) is 1. The van der Waals surface area contributed by atoms with Crippen molar-refractivity contribution in [3.05, 3.63) is 10.6 Å². The first-order chi connectivity index (χ1) is 8.49. The van der Waals surface area contributed by atoms with Crippen LogP contribution in [0.25, 0.3) is 0 Å². The van der Waals surface area contributed by atoms with E-state index in [9.17, 15) is 9.59 Å². The average Bonchev–Trinajstić information content (AvgIpc) is 2.61. The summed E-state index contributed by atoms with van der Waals surface area (Å²) < 4.78 is 0. The van der Waals surface area contributed by atoms with E-state index in [2.05, 4.69) is 4.98 Å². The zero-order valence-electron chi connectivity index (χ0n) is 10.3. The molecule has 2 heterocycles. The molecule has 1 aromatic heterocycles. The Balaban J connectivity index is 2.23. The van der Waals surface area contributed by atoms with Crippen LogP contribution >= 0.6 is 11.3 Å². The topological polar surface area (TPSA) is 73.7 Å². The van der Waals surface area contributed by atoms with Crippen LogP contribution in [0.4, 0.5) is 5.13 Å². The molecule has 0 unspecified atom stereocenters. The van der Waals surface area contributed by atoms with Gasteiger partial charge in [-0.25, -0.2) is 9.78 Å². The Morgan fingerprint density at radius 2 is 2.17 bits per heavy atom. The standard InChI is InChI=1S/C11H15N3O3S/c1-7-9(10(16)17)12-11(18-7)14-5-3-4-13(2)8(15)6-14/h3-6H2,1-2H3,(H,16,17). The number of aryl methyl sites for hydroxylation is 1. The van der Waals surface area contributed by atoms with Crippen molar-refractivity contribution >= 4 is 28.3 Å². The molecule has 2 rings (SSSR count). The van der Waals surface area contributed by atoms with E-state index >= 15 is 0 Å². The number of carbonyl (C=O) groups is 2. The predicted molar refractivity (Wildman–Crippen MR) is 68.3 cm³/mol. The Morgan fingerprint density at radius 1 is 1.44 bits per heavy atom. The number of likely N-dealkylation sites (N-methyl/N-ethyl adjacent to an activating group) is 1. The number of aromatic carboxylic acids is 1. The van der Waals surface area contributed by atoms with E-state index in [1.165, 1.54) is 11.3 Å². The highest BCUT2D eigenvalue weighted by Crippen LogP contribution is 2.26. The maximum Gasteiger partial charge on any atom is 0.355 e. The molecule has 1 N–H and O–H groups in total. The number of hydrogen-bond acceptors (Lipinski definition) is 5. The third-order valence-corrected chi connectivity index (χ3v) is 3.96. The van der Waals surface area contributed by atoms with E-state index in [1.54, 1.807) is 18.9 Å². The minimum absolute atomic E-state index is 0.0391. The van der Waals surface area contributed by atoms with Gasteiger partial charge in [-0.15, -0.1) is 11.3 Å². The summed E-state index contributed by atoms with van der Waals surface area (Å²) in [5, 5.41) is 9.60. The van der Waals surface area contributed by atoms with Crippen LogP contribution < -0.4 is 4.90 Å². The number of amides is 1. The molecule has 1 amide bonds. The lowest BCUT2D eigenvalue weighted by atomic mass is 10.4. The highest BCUT2D eigenvalue weighted by Gasteiger charge is 2.23. The number of rotatable bonds is 2. The van der Waals surface area contributed by atoms with Gasteiger partial charge in [-0.1, -0.05) is 0 Å².